The van der Waals surface area contributed by atoms with Crippen molar-refractivity contribution in [3.8, 4) is 28.5 Å². The Bertz CT molecular complexity index is 1050. The summed E-state index contributed by atoms with van der Waals surface area (Å²) in [5.74, 6) is 1.51. The van der Waals surface area contributed by atoms with E-state index in [4.69, 9.17) is 14.6 Å². The van der Waals surface area contributed by atoms with E-state index in [0.29, 0.717) is 23.6 Å². The van der Waals surface area contributed by atoms with Gasteiger partial charge in [-0.15, -0.1) is 11.3 Å². The van der Waals surface area contributed by atoms with Crippen molar-refractivity contribution in [1.82, 2.24) is 4.68 Å². The molecule has 0 radical (unpaired) electrons. The predicted octanol–water partition coefficient (Wildman–Crippen LogP) is 4.13. The van der Waals surface area contributed by atoms with E-state index in [-0.39, 0.29) is 5.75 Å². The van der Waals surface area contributed by atoms with Crippen LogP contribution in [0.3, 0.4) is 0 Å². The Morgan fingerprint density at radius 1 is 1.07 bits per heavy atom. The summed E-state index contributed by atoms with van der Waals surface area (Å²) >= 11 is 1.53. The average Bonchev–Trinajstić information content (AvgIpc) is 3.10. The molecule has 0 saturated carbocycles. The first-order chi connectivity index (χ1) is 13.6. The zero-order valence-corrected chi connectivity index (χ0v) is 17.2. The van der Waals surface area contributed by atoms with Crippen LogP contribution in [-0.4, -0.2) is 36.3 Å². The molecular weight excluding hydrogens is 374 g/mol. The number of rotatable bonds is 6. The molecule has 1 N–H and O–H groups in total. The number of phenolic OH excluding ortho intramolecular Hbond substituents is 1. The van der Waals surface area contributed by atoms with Gasteiger partial charge in [-0.05, 0) is 50.2 Å². The summed E-state index contributed by atoms with van der Waals surface area (Å²) in [5, 5.41) is 17.1. The van der Waals surface area contributed by atoms with Crippen LogP contribution in [0.25, 0.3) is 11.3 Å². The van der Waals surface area contributed by atoms with Gasteiger partial charge in [0.25, 0.3) is 0 Å². The second kappa shape index (κ2) is 8.75. The summed E-state index contributed by atoms with van der Waals surface area (Å²) < 4.78 is 12.2. The largest absolute Gasteiger partial charge is 0.507 e. The number of aromatic hydroxyl groups is 1. The summed E-state index contributed by atoms with van der Waals surface area (Å²) in [5.41, 5.74) is 3.24. The highest BCUT2D eigenvalue weighted by molar-refractivity contribution is 7.07. The number of hydrogen-bond acceptors (Lipinski definition) is 6. The predicted molar refractivity (Wildman–Crippen MR) is 113 cm³/mol. The van der Waals surface area contributed by atoms with Crippen LogP contribution in [-0.2, 0) is 0 Å². The van der Waals surface area contributed by atoms with Crippen LogP contribution in [0, 0.1) is 0 Å². The highest BCUT2D eigenvalue weighted by atomic mass is 32.1. The van der Waals surface area contributed by atoms with E-state index in [2.05, 4.69) is 4.99 Å². The highest BCUT2D eigenvalue weighted by Gasteiger charge is 2.11. The zero-order chi connectivity index (χ0) is 20.1. The van der Waals surface area contributed by atoms with Crippen LogP contribution in [0.5, 0.6) is 17.2 Å². The first-order valence-electron chi connectivity index (χ1n) is 8.85. The van der Waals surface area contributed by atoms with Crippen molar-refractivity contribution in [1.29, 1.82) is 0 Å². The lowest BCUT2D eigenvalue weighted by atomic mass is 10.1. The van der Waals surface area contributed by atoms with Gasteiger partial charge in [-0.25, -0.2) is 4.68 Å². The number of aromatic nitrogens is 1. The average molecular weight is 398 g/mol. The van der Waals surface area contributed by atoms with Gasteiger partial charge in [0.1, 0.15) is 17.2 Å². The molecule has 2 aromatic carbocycles. The van der Waals surface area contributed by atoms with Gasteiger partial charge in [-0.3, -0.25) is 4.99 Å². The van der Waals surface area contributed by atoms with E-state index < -0.39 is 0 Å². The molecule has 3 rings (SSSR count). The third kappa shape index (κ3) is 4.09. The molecular formula is C21H23N3O3S. The lowest BCUT2D eigenvalue weighted by Gasteiger charge is -2.09. The Hall–Kier alpha value is -3.06. The van der Waals surface area contributed by atoms with E-state index in [0.717, 1.165) is 21.8 Å². The Kier molecular flexibility index (Phi) is 6.16. The molecule has 0 atom stereocenters. The van der Waals surface area contributed by atoms with E-state index in [1.807, 2.05) is 48.2 Å². The van der Waals surface area contributed by atoms with E-state index in [1.165, 1.54) is 11.3 Å². The first-order valence-corrected chi connectivity index (χ1v) is 9.73. The van der Waals surface area contributed by atoms with Gasteiger partial charge in [0.05, 0.1) is 25.6 Å². The summed E-state index contributed by atoms with van der Waals surface area (Å²) in [6.45, 7) is 4.51. The van der Waals surface area contributed by atoms with Gasteiger partial charge in [-0.2, -0.15) is 5.10 Å². The Balaban J connectivity index is 2.10. The molecule has 0 aliphatic rings. The molecule has 0 amide bonds. The Morgan fingerprint density at radius 2 is 1.75 bits per heavy atom. The lowest BCUT2D eigenvalue weighted by Crippen LogP contribution is -2.14. The van der Waals surface area contributed by atoms with Gasteiger partial charge in [0.15, 0.2) is 0 Å². The molecule has 0 unspecified atom stereocenters. The molecule has 1 heterocycles. The molecule has 0 spiro atoms. The zero-order valence-electron chi connectivity index (χ0n) is 16.3. The van der Waals surface area contributed by atoms with Crippen molar-refractivity contribution in [3.63, 3.8) is 0 Å². The maximum absolute atomic E-state index is 10.3. The minimum Gasteiger partial charge on any atom is -0.507 e. The minimum absolute atomic E-state index is 0.122. The third-order valence-electron chi connectivity index (χ3n) is 4.21. The third-order valence-corrected chi connectivity index (χ3v) is 5.06. The van der Waals surface area contributed by atoms with Crippen molar-refractivity contribution in [2.75, 3.05) is 20.8 Å². The fraction of sp³-hybridized carbons (Fsp3) is 0.238. The maximum Gasteiger partial charge on any atom is 0.206 e. The molecule has 28 heavy (non-hydrogen) atoms. The molecule has 3 aromatic rings. The van der Waals surface area contributed by atoms with Crippen LogP contribution in [0.15, 0.2) is 57.9 Å². The smallest absolute Gasteiger partial charge is 0.206 e. The second-order valence-corrected chi connectivity index (χ2v) is 6.82. The van der Waals surface area contributed by atoms with Gasteiger partial charge in [0.2, 0.25) is 4.80 Å². The molecule has 0 aliphatic heterocycles. The van der Waals surface area contributed by atoms with Gasteiger partial charge in [0, 0.05) is 29.1 Å². The van der Waals surface area contributed by atoms with Crippen molar-refractivity contribution in [2.24, 2.45) is 10.1 Å². The SMILES string of the molecule is CCN=c1scc(-c2ccc(OC)cc2)n1N=C(C)c1ccc(OC)cc1O. The van der Waals surface area contributed by atoms with E-state index in [9.17, 15) is 5.11 Å². The van der Waals surface area contributed by atoms with Crippen LogP contribution < -0.4 is 14.3 Å². The summed E-state index contributed by atoms with van der Waals surface area (Å²) in [7, 11) is 3.21. The van der Waals surface area contributed by atoms with Crippen molar-refractivity contribution in [3.05, 3.63) is 58.2 Å². The number of ether oxygens (including phenoxy) is 2. The second-order valence-electron chi connectivity index (χ2n) is 5.99. The quantitative estimate of drug-likeness (QED) is 0.636. The fourth-order valence-corrected chi connectivity index (χ4v) is 3.64. The number of phenols is 1. The topological polar surface area (TPSA) is 68.3 Å². The summed E-state index contributed by atoms with van der Waals surface area (Å²) in [6, 6.07) is 13.0. The maximum atomic E-state index is 10.3. The summed E-state index contributed by atoms with van der Waals surface area (Å²) in [6.07, 6.45) is 0. The fourth-order valence-electron chi connectivity index (χ4n) is 2.75. The molecule has 0 saturated heterocycles. The normalized spacial score (nSPS) is 12.3. The van der Waals surface area contributed by atoms with E-state index >= 15 is 0 Å². The van der Waals surface area contributed by atoms with Gasteiger partial charge in [-0.1, -0.05) is 0 Å². The van der Waals surface area contributed by atoms with Gasteiger partial charge >= 0.3 is 0 Å². The Morgan fingerprint density at radius 3 is 2.36 bits per heavy atom. The van der Waals surface area contributed by atoms with Crippen molar-refractivity contribution < 1.29 is 14.6 Å². The number of nitrogens with zero attached hydrogens (tertiary/aromatic N) is 3. The van der Waals surface area contributed by atoms with Crippen LogP contribution in [0.2, 0.25) is 0 Å². The highest BCUT2D eigenvalue weighted by Crippen LogP contribution is 2.26. The first kappa shape index (κ1) is 19.7. The summed E-state index contributed by atoms with van der Waals surface area (Å²) in [4.78, 5) is 5.34. The molecule has 7 heteroatoms. The molecule has 0 aliphatic carbocycles. The van der Waals surface area contributed by atoms with Crippen LogP contribution >= 0.6 is 11.3 Å². The van der Waals surface area contributed by atoms with Gasteiger partial charge < -0.3 is 14.6 Å². The number of methoxy groups -OCH3 is 2. The molecule has 0 bridgehead atoms. The number of thiazole rings is 1. The van der Waals surface area contributed by atoms with E-state index in [1.54, 1.807) is 32.4 Å². The molecule has 146 valence electrons. The monoisotopic (exact) mass is 397 g/mol. The Labute approximate surface area is 168 Å². The lowest BCUT2D eigenvalue weighted by molar-refractivity contribution is 0.407. The number of benzene rings is 2. The standard InChI is InChI=1S/C21H23N3O3S/c1-5-22-21-24(19(13-28-21)15-6-8-16(26-3)9-7-15)23-14(2)18-11-10-17(27-4)12-20(18)25/h6-13,25H,5H2,1-4H3. The van der Waals surface area contributed by atoms with Crippen LogP contribution in [0.1, 0.15) is 19.4 Å². The van der Waals surface area contributed by atoms with Crippen LogP contribution in [0.4, 0.5) is 0 Å². The van der Waals surface area contributed by atoms with Crippen molar-refractivity contribution in [2.45, 2.75) is 13.8 Å². The number of hydrogen-bond donors (Lipinski definition) is 1. The minimum atomic E-state index is 0.122. The molecule has 0 fully saturated rings. The van der Waals surface area contributed by atoms with Crippen molar-refractivity contribution >= 4 is 17.0 Å². The molecule has 6 nitrogen and oxygen atoms in total. The molecule has 1 aromatic heterocycles.